The van der Waals surface area contributed by atoms with Crippen molar-refractivity contribution in [2.45, 2.75) is 50.5 Å². The van der Waals surface area contributed by atoms with Crippen LogP contribution >= 0.6 is 22.9 Å². The number of ketones is 1. The number of aliphatic hydroxyl groups is 1. The summed E-state index contributed by atoms with van der Waals surface area (Å²) in [7, 11) is 0. The van der Waals surface area contributed by atoms with Crippen LogP contribution in [0.3, 0.4) is 0 Å². The predicted molar refractivity (Wildman–Crippen MR) is 105 cm³/mol. The first-order valence-corrected chi connectivity index (χ1v) is 11.0. The molecular weight excluding hydrogens is 380 g/mol. The van der Waals surface area contributed by atoms with Crippen LogP contribution in [-0.4, -0.2) is 26.5 Å². The largest absolute Gasteiger partial charge is 0.390 e. The van der Waals surface area contributed by atoms with E-state index in [9.17, 15) is 9.90 Å². The summed E-state index contributed by atoms with van der Waals surface area (Å²) in [4.78, 5) is 21.8. The average Bonchev–Trinajstić information content (AvgIpc) is 3.07. The Bertz CT molecular complexity index is 849. The lowest BCUT2D eigenvalue weighted by atomic mass is 9.49. The van der Waals surface area contributed by atoms with Crippen molar-refractivity contribution in [2.75, 3.05) is 0 Å². The maximum absolute atomic E-state index is 12.9. The number of hydrogen-bond acceptors (Lipinski definition) is 5. The number of carbonyl (C=O) groups is 1. The number of halogens is 1. The molecule has 27 heavy (non-hydrogen) atoms. The molecule has 0 saturated heterocycles. The maximum atomic E-state index is 12.9. The molecule has 2 heterocycles. The van der Waals surface area contributed by atoms with E-state index in [4.69, 9.17) is 11.6 Å². The Morgan fingerprint density at radius 3 is 2.70 bits per heavy atom. The van der Waals surface area contributed by atoms with Gasteiger partial charge in [0.1, 0.15) is 5.69 Å². The molecular formula is C21H23ClN2O2S. The fraction of sp³-hybridized carbons (Fsp3) is 0.571. The number of hydrogen-bond donors (Lipinski definition) is 1. The topological polar surface area (TPSA) is 63.1 Å². The summed E-state index contributed by atoms with van der Waals surface area (Å²) in [6.07, 6.45) is 8.00. The fourth-order valence-corrected chi connectivity index (χ4v) is 6.85. The number of thiazole rings is 1. The Balaban J connectivity index is 1.26. The quantitative estimate of drug-likeness (QED) is 0.745. The van der Waals surface area contributed by atoms with Gasteiger partial charge < -0.3 is 5.11 Å². The highest BCUT2D eigenvalue weighted by atomic mass is 35.5. The Hall–Kier alpha value is -1.30. The predicted octanol–water partition coefficient (Wildman–Crippen LogP) is 4.54. The molecule has 0 amide bonds. The van der Waals surface area contributed by atoms with Crippen LogP contribution in [0.15, 0.2) is 23.7 Å². The van der Waals surface area contributed by atoms with Gasteiger partial charge >= 0.3 is 0 Å². The van der Waals surface area contributed by atoms with Crippen molar-refractivity contribution < 1.29 is 9.90 Å². The van der Waals surface area contributed by atoms with Gasteiger partial charge in [0.15, 0.2) is 5.78 Å². The van der Waals surface area contributed by atoms with Crippen molar-refractivity contribution in [3.05, 3.63) is 45.1 Å². The molecule has 0 radical (unpaired) electrons. The average molecular weight is 403 g/mol. The molecule has 6 rings (SSSR count). The highest BCUT2D eigenvalue weighted by Gasteiger charge is 2.54. The molecule has 0 aromatic carbocycles. The zero-order chi connectivity index (χ0) is 18.6. The minimum Gasteiger partial charge on any atom is -0.390 e. The standard InChI is InChI=1S/C21H23ClN2O2S/c22-15-1-2-16(23-10-15)5-20-24-18(11-27-20)19(25)6-17-13-3-12-4-14(17)9-21(26,7-12)8-13/h1-2,10-14,17,26H,3-9H2. The highest BCUT2D eigenvalue weighted by Crippen LogP contribution is 2.59. The third-order valence-corrected chi connectivity index (χ3v) is 7.89. The van der Waals surface area contributed by atoms with Crippen molar-refractivity contribution in [1.29, 1.82) is 0 Å². The highest BCUT2D eigenvalue weighted by molar-refractivity contribution is 7.09. The molecule has 142 valence electrons. The van der Waals surface area contributed by atoms with Gasteiger partial charge in [-0.1, -0.05) is 11.6 Å². The molecule has 4 aliphatic rings. The van der Waals surface area contributed by atoms with Crippen LogP contribution < -0.4 is 0 Å². The molecule has 0 aliphatic heterocycles. The number of nitrogens with zero attached hydrogens (tertiary/aromatic N) is 2. The number of rotatable bonds is 5. The smallest absolute Gasteiger partial charge is 0.182 e. The van der Waals surface area contributed by atoms with Gasteiger partial charge in [-0.25, -0.2) is 4.98 Å². The third kappa shape index (κ3) is 3.45. The lowest BCUT2D eigenvalue weighted by molar-refractivity contribution is -0.151. The van der Waals surface area contributed by atoms with E-state index in [1.807, 2.05) is 17.5 Å². The van der Waals surface area contributed by atoms with E-state index in [0.717, 1.165) is 30.0 Å². The lowest BCUT2D eigenvalue weighted by Gasteiger charge is -2.58. The van der Waals surface area contributed by atoms with Crippen LogP contribution in [-0.2, 0) is 6.42 Å². The molecule has 2 atom stereocenters. The molecule has 4 nitrogen and oxygen atoms in total. The second kappa shape index (κ2) is 6.64. The van der Waals surface area contributed by atoms with Crippen LogP contribution in [0, 0.1) is 23.7 Å². The van der Waals surface area contributed by atoms with Crippen molar-refractivity contribution in [2.24, 2.45) is 23.7 Å². The Labute approximate surface area is 168 Å². The molecule has 4 aliphatic carbocycles. The fourth-order valence-electron chi connectivity index (χ4n) is 5.92. The summed E-state index contributed by atoms with van der Waals surface area (Å²) in [5, 5.41) is 14.1. The summed E-state index contributed by atoms with van der Waals surface area (Å²) >= 11 is 7.40. The molecule has 2 unspecified atom stereocenters. The van der Waals surface area contributed by atoms with E-state index >= 15 is 0 Å². The number of pyridine rings is 1. The maximum Gasteiger partial charge on any atom is 0.182 e. The van der Waals surface area contributed by atoms with Crippen LogP contribution in [0.1, 0.15) is 59.7 Å². The second-order valence-electron chi connectivity index (χ2n) is 8.76. The van der Waals surface area contributed by atoms with E-state index in [-0.39, 0.29) is 5.78 Å². The molecule has 0 spiro atoms. The summed E-state index contributed by atoms with van der Waals surface area (Å²) in [6.45, 7) is 0. The Morgan fingerprint density at radius 2 is 2.04 bits per heavy atom. The normalized spacial score (nSPS) is 34.1. The SMILES string of the molecule is O=C(CC1C2CC3CC1CC(O)(C3)C2)c1csc(Cc2ccc(Cl)cn2)n1. The van der Waals surface area contributed by atoms with Crippen molar-refractivity contribution in [3.8, 4) is 0 Å². The molecule has 6 heteroatoms. The number of aromatic nitrogens is 2. The van der Waals surface area contributed by atoms with Gasteiger partial charge in [-0.15, -0.1) is 11.3 Å². The van der Waals surface area contributed by atoms with Crippen LogP contribution in [0.2, 0.25) is 5.02 Å². The van der Waals surface area contributed by atoms with E-state index in [0.29, 0.717) is 47.2 Å². The molecule has 4 bridgehead atoms. The van der Waals surface area contributed by atoms with Crippen molar-refractivity contribution >= 4 is 28.7 Å². The van der Waals surface area contributed by atoms with E-state index < -0.39 is 5.60 Å². The summed E-state index contributed by atoms with van der Waals surface area (Å²) in [6, 6.07) is 3.72. The van der Waals surface area contributed by atoms with Gasteiger partial charge in [-0.05, 0) is 67.9 Å². The zero-order valence-corrected chi connectivity index (χ0v) is 16.7. The van der Waals surface area contributed by atoms with E-state index in [2.05, 4.69) is 9.97 Å². The number of carbonyl (C=O) groups excluding carboxylic acids is 1. The van der Waals surface area contributed by atoms with Crippen molar-refractivity contribution in [3.63, 3.8) is 0 Å². The number of Topliss-reactive ketones (excluding diaryl/α,β-unsaturated/α-hetero) is 1. The molecule has 2 aromatic rings. The zero-order valence-electron chi connectivity index (χ0n) is 15.1. The Kier molecular flexibility index (Phi) is 4.37. The molecule has 4 saturated carbocycles. The first kappa shape index (κ1) is 17.8. The van der Waals surface area contributed by atoms with E-state index in [1.165, 1.54) is 24.2 Å². The van der Waals surface area contributed by atoms with Gasteiger partial charge in [-0.3, -0.25) is 9.78 Å². The first-order chi connectivity index (χ1) is 13.0. The first-order valence-electron chi connectivity index (χ1n) is 9.78. The van der Waals surface area contributed by atoms with Crippen LogP contribution in [0.4, 0.5) is 0 Å². The molecule has 1 N–H and O–H groups in total. The third-order valence-electron chi connectivity index (χ3n) is 6.82. The summed E-state index contributed by atoms with van der Waals surface area (Å²) in [5.41, 5.74) is 1.06. The molecule has 4 fully saturated rings. The Morgan fingerprint density at radius 1 is 1.26 bits per heavy atom. The van der Waals surface area contributed by atoms with Gasteiger partial charge in [0.2, 0.25) is 0 Å². The summed E-state index contributed by atoms with van der Waals surface area (Å²) in [5.74, 6) is 2.29. The van der Waals surface area contributed by atoms with Crippen molar-refractivity contribution in [1.82, 2.24) is 9.97 Å². The van der Waals surface area contributed by atoms with Gasteiger partial charge in [0.25, 0.3) is 0 Å². The lowest BCUT2D eigenvalue weighted by Crippen LogP contribution is -2.54. The minimum atomic E-state index is -0.435. The van der Waals surface area contributed by atoms with Gasteiger partial charge in [0, 0.05) is 30.1 Å². The van der Waals surface area contributed by atoms with Gasteiger partial charge in [0.05, 0.1) is 15.6 Å². The minimum absolute atomic E-state index is 0.158. The van der Waals surface area contributed by atoms with E-state index in [1.54, 1.807) is 6.20 Å². The van der Waals surface area contributed by atoms with Crippen LogP contribution in [0.5, 0.6) is 0 Å². The monoisotopic (exact) mass is 402 g/mol. The van der Waals surface area contributed by atoms with Crippen LogP contribution in [0.25, 0.3) is 0 Å². The molecule has 2 aromatic heterocycles. The summed E-state index contributed by atoms with van der Waals surface area (Å²) < 4.78 is 0. The van der Waals surface area contributed by atoms with Gasteiger partial charge in [-0.2, -0.15) is 0 Å². The second-order valence-corrected chi connectivity index (χ2v) is 10.1.